The van der Waals surface area contributed by atoms with Crippen LogP contribution in [0.4, 0.5) is 5.69 Å². The third kappa shape index (κ3) is 5.18. The Balaban J connectivity index is 2.61. The molecule has 0 unspecified atom stereocenters. The lowest BCUT2D eigenvalue weighted by Crippen LogP contribution is -2.22. The van der Waals surface area contributed by atoms with Gasteiger partial charge >= 0.3 is 0 Å². The predicted molar refractivity (Wildman–Crippen MR) is 75.4 cm³/mol. The topological polar surface area (TPSA) is 73.6 Å². The number of amides is 1. The number of nitrogens with two attached hydrogens (primary N) is 1. The molecular weight excluding hydrogens is 244 g/mol. The lowest BCUT2D eigenvalue weighted by Gasteiger charge is -2.12. The van der Waals surface area contributed by atoms with Gasteiger partial charge in [0, 0.05) is 12.1 Å². The van der Waals surface area contributed by atoms with Crippen molar-refractivity contribution >= 4 is 11.6 Å². The van der Waals surface area contributed by atoms with Crippen LogP contribution < -0.4 is 15.8 Å². The molecule has 5 nitrogen and oxygen atoms in total. The molecule has 1 amide bonds. The van der Waals surface area contributed by atoms with E-state index < -0.39 is 0 Å². The zero-order valence-electron chi connectivity index (χ0n) is 11.7. The van der Waals surface area contributed by atoms with E-state index in [1.165, 1.54) is 0 Å². The Hall–Kier alpha value is -1.75. The van der Waals surface area contributed by atoms with Crippen molar-refractivity contribution in [3.05, 3.63) is 23.8 Å². The number of nitrogens with one attached hydrogen (secondary N) is 1. The summed E-state index contributed by atoms with van der Waals surface area (Å²) in [5, 5.41) is 2.73. The van der Waals surface area contributed by atoms with Crippen LogP contribution in [0.15, 0.2) is 18.2 Å². The lowest BCUT2D eigenvalue weighted by molar-refractivity contribution is 0.0554. The maximum Gasteiger partial charge on any atom is 0.251 e. The van der Waals surface area contributed by atoms with Gasteiger partial charge in [-0.05, 0) is 39.0 Å². The van der Waals surface area contributed by atoms with Crippen LogP contribution in [0.5, 0.6) is 5.75 Å². The number of hydrogen-bond donors (Lipinski definition) is 2. The van der Waals surface area contributed by atoms with Gasteiger partial charge in [0.2, 0.25) is 0 Å². The van der Waals surface area contributed by atoms with Gasteiger partial charge in [-0.2, -0.15) is 0 Å². The first-order chi connectivity index (χ1) is 9.04. The summed E-state index contributed by atoms with van der Waals surface area (Å²) in [4.78, 5) is 11.7. The molecule has 1 rings (SSSR count). The van der Waals surface area contributed by atoms with Gasteiger partial charge in [0.05, 0.1) is 18.4 Å². The monoisotopic (exact) mass is 266 g/mol. The summed E-state index contributed by atoms with van der Waals surface area (Å²) >= 11 is 0. The molecule has 0 aliphatic carbocycles. The zero-order chi connectivity index (χ0) is 14.3. The average molecular weight is 266 g/mol. The molecule has 106 valence electrons. The molecule has 0 aliphatic heterocycles. The van der Waals surface area contributed by atoms with Crippen molar-refractivity contribution in [2.24, 2.45) is 0 Å². The first kappa shape index (κ1) is 15.3. The standard InChI is InChI=1S/C14H22N2O3/c1-4-16-14(17)11-5-6-12(15)13(9-11)19-8-7-18-10(2)3/h5-6,9-10H,4,7-8,15H2,1-3H3,(H,16,17). The van der Waals surface area contributed by atoms with Gasteiger partial charge in [-0.25, -0.2) is 0 Å². The van der Waals surface area contributed by atoms with Crippen LogP contribution >= 0.6 is 0 Å². The Kier molecular flexibility index (Phi) is 6.15. The smallest absolute Gasteiger partial charge is 0.251 e. The number of carbonyl (C=O) groups excluding carboxylic acids is 1. The molecule has 19 heavy (non-hydrogen) atoms. The van der Waals surface area contributed by atoms with E-state index in [0.29, 0.717) is 36.8 Å². The molecule has 0 bridgehead atoms. The minimum atomic E-state index is -0.134. The van der Waals surface area contributed by atoms with Crippen molar-refractivity contribution in [3.8, 4) is 5.75 Å². The van der Waals surface area contributed by atoms with Crippen LogP contribution in [-0.2, 0) is 4.74 Å². The summed E-state index contributed by atoms with van der Waals surface area (Å²) in [5.41, 5.74) is 6.86. The summed E-state index contributed by atoms with van der Waals surface area (Å²) in [5.74, 6) is 0.377. The van der Waals surface area contributed by atoms with Crippen molar-refractivity contribution < 1.29 is 14.3 Å². The highest BCUT2D eigenvalue weighted by molar-refractivity contribution is 5.95. The minimum Gasteiger partial charge on any atom is -0.489 e. The lowest BCUT2D eigenvalue weighted by atomic mass is 10.2. The molecular formula is C14H22N2O3. The molecule has 3 N–H and O–H groups in total. The van der Waals surface area contributed by atoms with Crippen LogP contribution in [0.2, 0.25) is 0 Å². The third-order valence-electron chi connectivity index (χ3n) is 2.41. The van der Waals surface area contributed by atoms with E-state index in [0.717, 1.165) is 0 Å². The van der Waals surface area contributed by atoms with Gasteiger partial charge in [0.25, 0.3) is 5.91 Å². The molecule has 0 saturated heterocycles. The predicted octanol–water partition coefficient (Wildman–Crippen LogP) is 1.82. The Morgan fingerprint density at radius 3 is 2.74 bits per heavy atom. The summed E-state index contributed by atoms with van der Waals surface area (Å²) in [6.45, 7) is 7.27. The fourth-order valence-electron chi connectivity index (χ4n) is 1.50. The van der Waals surface area contributed by atoms with Gasteiger partial charge < -0.3 is 20.5 Å². The van der Waals surface area contributed by atoms with E-state index in [-0.39, 0.29) is 12.0 Å². The van der Waals surface area contributed by atoms with Crippen molar-refractivity contribution in [2.45, 2.75) is 26.9 Å². The Labute approximate surface area is 114 Å². The van der Waals surface area contributed by atoms with Crippen molar-refractivity contribution in [1.82, 2.24) is 5.32 Å². The van der Waals surface area contributed by atoms with Crippen LogP contribution in [0.1, 0.15) is 31.1 Å². The van der Waals surface area contributed by atoms with E-state index in [1.54, 1.807) is 18.2 Å². The summed E-state index contributed by atoms with van der Waals surface area (Å²) in [6.07, 6.45) is 0.169. The number of rotatable bonds is 7. The summed E-state index contributed by atoms with van der Waals surface area (Å²) in [6, 6.07) is 5.00. The largest absolute Gasteiger partial charge is 0.489 e. The molecule has 0 aliphatic rings. The van der Waals surface area contributed by atoms with Gasteiger partial charge in [-0.3, -0.25) is 4.79 Å². The van der Waals surface area contributed by atoms with Crippen molar-refractivity contribution in [2.75, 3.05) is 25.5 Å². The maximum atomic E-state index is 11.7. The van der Waals surface area contributed by atoms with Crippen LogP contribution in [0.3, 0.4) is 0 Å². The van der Waals surface area contributed by atoms with Gasteiger partial charge in [0.15, 0.2) is 0 Å². The summed E-state index contributed by atoms with van der Waals surface area (Å²) in [7, 11) is 0. The maximum absolute atomic E-state index is 11.7. The Morgan fingerprint density at radius 1 is 1.37 bits per heavy atom. The molecule has 0 fully saturated rings. The van der Waals surface area contributed by atoms with E-state index >= 15 is 0 Å². The SMILES string of the molecule is CCNC(=O)c1ccc(N)c(OCCOC(C)C)c1. The average Bonchev–Trinajstić information content (AvgIpc) is 2.36. The second kappa shape index (κ2) is 7.63. The van der Waals surface area contributed by atoms with E-state index in [9.17, 15) is 4.79 Å². The number of hydrogen-bond acceptors (Lipinski definition) is 4. The molecule has 0 radical (unpaired) electrons. The second-order valence-electron chi connectivity index (χ2n) is 4.38. The third-order valence-corrected chi connectivity index (χ3v) is 2.41. The molecule has 5 heteroatoms. The molecule has 0 spiro atoms. The van der Waals surface area contributed by atoms with Gasteiger partial charge in [0.1, 0.15) is 12.4 Å². The van der Waals surface area contributed by atoms with E-state index in [2.05, 4.69) is 5.32 Å². The fraction of sp³-hybridized carbons (Fsp3) is 0.500. The van der Waals surface area contributed by atoms with Crippen LogP contribution in [-0.4, -0.2) is 31.8 Å². The highest BCUT2D eigenvalue weighted by Gasteiger charge is 2.08. The quantitative estimate of drug-likeness (QED) is 0.583. The van der Waals surface area contributed by atoms with Gasteiger partial charge in [-0.1, -0.05) is 0 Å². The molecule has 1 aromatic rings. The van der Waals surface area contributed by atoms with Crippen LogP contribution in [0.25, 0.3) is 0 Å². The fourth-order valence-corrected chi connectivity index (χ4v) is 1.50. The number of ether oxygens (including phenoxy) is 2. The Bertz CT molecular complexity index is 419. The van der Waals surface area contributed by atoms with Crippen LogP contribution in [0, 0.1) is 0 Å². The first-order valence-corrected chi connectivity index (χ1v) is 6.46. The minimum absolute atomic E-state index is 0.134. The molecule has 0 aromatic heterocycles. The Morgan fingerprint density at radius 2 is 2.11 bits per heavy atom. The molecule has 0 atom stereocenters. The zero-order valence-corrected chi connectivity index (χ0v) is 11.7. The van der Waals surface area contributed by atoms with Crippen molar-refractivity contribution in [1.29, 1.82) is 0 Å². The first-order valence-electron chi connectivity index (χ1n) is 6.46. The van der Waals surface area contributed by atoms with Gasteiger partial charge in [-0.15, -0.1) is 0 Å². The van der Waals surface area contributed by atoms with E-state index in [4.69, 9.17) is 15.2 Å². The highest BCUT2D eigenvalue weighted by Crippen LogP contribution is 2.22. The normalized spacial score (nSPS) is 10.5. The van der Waals surface area contributed by atoms with Crippen molar-refractivity contribution in [3.63, 3.8) is 0 Å². The number of nitrogen functional groups attached to an aromatic ring is 1. The summed E-state index contributed by atoms with van der Waals surface area (Å²) < 4.78 is 10.9. The highest BCUT2D eigenvalue weighted by atomic mass is 16.5. The number of benzene rings is 1. The van der Waals surface area contributed by atoms with E-state index in [1.807, 2.05) is 20.8 Å². The molecule has 0 heterocycles. The second-order valence-corrected chi connectivity index (χ2v) is 4.38. The number of anilines is 1. The molecule has 1 aromatic carbocycles. The number of carbonyl (C=O) groups is 1. The molecule has 0 saturated carbocycles.